The van der Waals surface area contributed by atoms with Crippen molar-refractivity contribution in [3.63, 3.8) is 0 Å². The highest BCUT2D eigenvalue weighted by Gasteiger charge is 2.21. The van der Waals surface area contributed by atoms with Gasteiger partial charge in [-0.05, 0) is 5.56 Å². The van der Waals surface area contributed by atoms with Crippen LogP contribution in [0.5, 0.6) is 5.75 Å². The van der Waals surface area contributed by atoms with Crippen molar-refractivity contribution in [3.8, 4) is 5.75 Å². The molecule has 0 bridgehead atoms. The normalized spacial score (nSPS) is 10.2. The highest BCUT2D eigenvalue weighted by molar-refractivity contribution is 5.74. The van der Waals surface area contributed by atoms with E-state index >= 15 is 0 Å². The first-order valence-electron chi connectivity index (χ1n) is 7.12. The third-order valence-electron chi connectivity index (χ3n) is 3.32. The molecule has 0 unspecified atom stereocenters. The number of carbonyl (C=O) groups is 1. The van der Waals surface area contributed by atoms with Gasteiger partial charge in [0, 0.05) is 36.6 Å². The van der Waals surface area contributed by atoms with E-state index in [9.17, 15) is 25.0 Å². The molecule has 0 radical (unpaired) electrons. The maximum Gasteiger partial charge on any atom is 0.311 e. The van der Waals surface area contributed by atoms with Crippen LogP contribution in [0.25, 0.3) is 0 Å². The lowest BCUT2D eigenvalue weighted by molar-refractivity contribution is -0.385. The molecule has 0 N–H and O–H groups in total. The summed E-state index contributed by atoms with van der Waals surface area (Å²) in [6.07, 6.45) is 0.328. The molecule has 0 fully saturated rings. The van der Waals surface area contributed by atoms with Gasteiger partial charge in [0.25, 0.3) is 5.69 Å². The molecule has 124 valence electrons. The minimum atomic E-state index is -0.613. The Hall–Kier alpha value is -3.29. The first-order chi connectivity index (χ1) is 11.4. The van der Waals surface area contributed by atoms with Gasteiger partial charge in [0.2, 0.25) is 5.75 Å². The number of hydrogen-bond acceptors (Lipinski definition) is 6. The van der Waals surface area contributed by atoms with Crippen molar-refractivity contribution in [2.24, 2.45) is 0 Å². The van der Waals surface area contributed by atoms with Crippen LogP contribution in [0.4, 0.5) is 11.4 Å². The zero-order chi connectivity index (χ0) is 17.7. The van der Waals surface area contributed by atoms with Crippen LogP contribution in [-0.4, -0.2) is 15.8 Å². The molecule has 0 aliphatic heterocycles. The second kappa shape index (κ2) is 7.32. The quantitative estimate of drug-likeness (QED) is 0.347. The molecule has 0 spiro atoms. The lowest BCUT2D eigenvalue weighted by Gasteiger charge is -2.10. The van der Waals surface area contributed by atoms with Crippen molar-refractivity contribution in [3.05, 3.63) is 73.8 Å². The molecular weight excluding hydrogens is 316 g/mol. The summed E-state index contributed by atoms with van der Waals surface area (Å²) in [6.45, 7) is 1.59. The number of nitrogens with zero attached hydrogens (tertiary/aromatic N) is 2. The van der Waals surface area contributed by atoms with Gasteiger partial charge in [-0.15, -0.1) is 0 Å². The van der Waals surface area contributed by atoms with Gasteiger partial charge >= 0.3 is 11.7 Å². The maximum absolute atomic E-state index is 11.6. The van der Waals surface area contributed by atoms with Crippen molar-refractivity contribution < 1.29 is 19.4 Å². The zero-order valence-electron chi connectivity index (χ0n) is 12.8. The maximum atomic E-state index is 11.6. The molecule has 0 amide bonds. The molecule has 0 aliphatic rings. The summed E-state index contributed by atoms with van der Waals surface area (Å²) in [7, 11) is 0. The number of rotatable bonds is 6. The monoisotopic (exact) mass is 330 g/mol. The van der Waals surface area contributed by atoms with E-state index in [0.717, 1.165) is 0 Å². The highest BCUT2D eigenvalue weighted by Crippen LogP contribution is 2.33. The largest absolute Gasteiger partial charge is 0.419 e. The van der Waals surface area contributed by atoms with Crippen molar-refractivity contribution >= 4 is 17.3 Å². The number of nitro groups is 2. The predicted octanol–water partition coefficient (Wildman–Crippen LogP) is 3.41. The van der Waals surface area contributed by atoms with Crippen LogP contribution in [0.15, 0.2) is 42.5 Å². The lowest BCUT2D eigenvalue weighted by Crippen LogP contribution is -2.09. The Morgan fingerprint density at radius 3 is 2.25 bits per heavy atom. The Bertz CT molecular complexity index is 786. The molecule has 8 nitrogen and oxygen atoms in total. The van der Waals surface area contributed by atoms with Crippen LogP contribution in [0.3, 0.4) is 0 Å². The number of hydrogen-bond donors (Lipinski definition) is 0. The Kier molecular flexibility index (Phi) is 5.20. The summed E-state index contributed by atoms with van der Waals surface area (Å²) < 4.78 is 5.13. The van der Waals surface area contributed by atoms with Crippen molar-refractivity contribution in [1.82, 2.24) is 0 Å². The van der Waals surface area contributed by atoms with Crippen LogP contribution in [0, 0.1) is 20.2 Å². The molecule has 8 heteroatoms. The van der Waals surface area contributed by atoms with Gasteiger partial charge in [0.05, 0.1) is 9.85 Å². The van der Waals surface area contributed by atoms with Crippen LogP contribution >= 0.6 is 0 Å². The van der Waals surface area contributed by atoms with Crippen molar-refractivity contribution in [2.75, 3.05) is 0 Å². The second-order valence-corrected chi connectivity index (χ2v) is 4.95. The molecule has 0 aromatic heterocycles. The van der Waals surface area contributed by atoms with Crippen molar-refractivity contribution in [2.45, 2.75) is 19.8 Å². The fourth-order valence-corrected chi connectivity index (χ4v) is 2.11. The van der Waals surface area contributed by atoms with Gasteiger partial charge in [-0.25, -0.2) is 0 Å². The van der Waals surface area contributed by atoms with Crippen LogP contribution in [0.1, 0.15) is 24.5 Å². The van der Waals surface area contributed by atoms with E-state index in [1.807, 2.05) is 0 Å². The van der Waals surface area contributed by atoms with E-state index in [0.29, 0.717) is 11.1 Å². The van der Waals surface area contributed by atoms with E-state index in [-0.39, 0.29) is 30.0 Å². The number of benzene rings is 2. The van der Waals surface area contributed by atoms with Gasteiger partial charge in [-0.1, -0.05) is 31.2 Å². The standard InChI is InChI=1S/C16H14N2O6/c1-2-15(19)24-16-12(4-3-5-14(16)18(22)23)10-11-6-8-13(9-7-11)17(20)21/h3-9H,2,10H2,1H3. The van der Waals surface area contributed by atoms with Gasteiger partial charge in [-0.2, -0.15) is 0 Å². The summed E-state index contributed by atoms with van der Waals surface area (Å²) in [4.78, 5) is 32.3. The van der Waals surface area contributed by atoms with Gasteiger partial charge in [0.15, 0.2) is 0 Å². The third kappa shape index (κ3) is 3.92. The molecule has 2 aromatic rings. The van der Waals surface area contributed by atoms with Gasteiger partial charge in [-0.3, -0.25) is 25.0 Å². The van der Waals surface area contributed by atoms with E-state index in [2.05, 4.69) is 0 Å². The zero-order valence-corrected chi connectivity index (χ0v) is 12.8. The Morgan fingerprint density at radius 1 is 1.04 bits per heavy atom. The third-order valence-corrected chi connectivity index (χ3v) is 3.32. The Labute approximate surface area is 137 Å². The molecule has 0 saturated heterocycles. The van der Waals surface area contributed by atoms with Crippen LogP contribution in [-0.2, 0) is 11.2 Å². The van der Waals surface area contributed by atoms with E-state index < -0.39 is 15.8 Å². The molecule has 2 aromatic carbocycles. The summed E-state index contributed by atoms with van der Waals surface area (Å²) >= 11 is 0. The second-order valence-electron chi connectivity index (χ2n) is 4.95. The summed E-state index contributed by atoms with van der Waals surface area (Å²) in [6, 6.07) is 10.2. The van der Waals surface area contributed by atoms with E-state index in [4.69, 9.17) is 4.74 Å². The topological polar surface area (TPSA) is 113 Å². The number of nitro benzene ring substituents is 2. The van der Waals surface area contributed by atoms with Crippen LogP contribution < -0.4 is 4.74 Å². The number of esters is 1. The highest BCUT2D eigenvalue weighted by atomic mass is 16.6. The Morgan fingerprint density at radius 2 is 1.71 bits per heavy atom. The average molecular weight is 330 g/mol. The predicted molar refractivity (Wildman–Crippen MR) is 84.9 cm³/mol. The number of para-hydroxylation sites is 1. The molecule has 0 aliphatic carbocycles. The number of non-ortho nitro benzene ring substituents is 1. The fourth-order valence-electron chi connectivity index (χ4n) is 2.11. The molecule has 0 saturated carbocycles. The summed E-state index contributed by atoms with van der Waals surface area (Å²) in [5.74, 6) is -0.665. The minimum Gasteiger partial charge on any atom is -0.419 e. The summed E-state index contributed by atoms with van der Waals surface area (Å²) in [5.41, 5.74) is 0.821. The van der Waals surface area contributed by atoms with Gasteiger partial charge < -0.3 is 4.74 Å². The molecule has 24 heavy (non-hydrogen) atoms. The summed E-state index contributed by atoms with van der Waals surface area (Å²) in [5, 5.41) is 21.8. The van der Waals surface area contributed by atoms with E-state index in [1.165, 1.54) is 24.3 Å². The molecular formula is C16H14N2O6. The minimum absolute atomic E-state index is 0.0459. The van der Waals surface area contributed by atoms with E-state index in [1.54, 1.807) is 25.1 Å². The molecule has 0 heterocycles. The number of ether oxygens (including phenoxy) is 1. The molecule has 0 atom stereocenters. The number of carbonyl (C=O) groups excluding carboxylic acids is 1. The SMILES string of the molecule is CCC(=O)Oc1c(Cc2ccc([N+](=O)[O-])cc2)cccc1[N+](=O)[O-]. The smallest absolute Gasteiger partial charge is 0.311 e. The fraction of sp³-hybridized carbons (Fsp3) is 0.188. The lowest BCUT2D eigenvalue weighted by atomic mass is 10.0. The first kappa shape index (κ1) is 17.1. The van der Waals surface area contributed by atoms with Gasteiger partial charge in [0.1, 0.15) is 0 Å². The molecule has 2 rings (SSSR count). The first-order valence-corrected chi connectivity index (χ1v) is 7.12. The van der Waals surface area contributed by atoms with Crippen LogP contribution in [0.2, 0.25) is 0 Å². The Balaban J connectivity index is 2.38. The van der Waals surface area contributed by atoms with Crippen molar-refractivity contribution in [1.29, 1.82) is 0 Å². The average Bonchev–Trinajstić information content (AvgIpc) is 2.56.